The summed E-state index contributed by atoms with van der Waals surface area (Å²) in [7, 11) is 0. The number of likely N-dealkylation sites (tertiary alicyclic amines) is 2. The Hall–Kier alpha value is -2.71. The Bertz CT molecular complexity index is 854. The van der Waals surface area contributed by atoms with E-state index in [0.29, 0.717) is 25.8 Å². The van der Waals surface area contributed by atoms with Crippen LogP contribution in [0.3, 0.4) is 0 Å². The lowest BCUT2D eigenvalue weighted by molar-refractivity contribution is -0.136. The maximum atomic E-state index is 13.6. The zero-order valence-electron chi connectivity index (χ0n) is 16.7. The fourth-order valence-corrected chi connectivity index (χ4v) is 4.40. The van der Waals surface area contributed by atoms with E-state index in [9.17, 15) is 23.5 Å². The molecule has 1 atom stereocenters. The minimum absolute atomic E-state index is 0.0326. The van der Waals surface area contributed by atoms with Gasteiger partial charge in [-0.2, -0.15) is 0 Å². The number of rotatable bonds is 4. The second-order valence-electron chi connectivity index (χ2n) is 8.58. The minimum Gasteiger partial charge on any atom is -0.508 e. The van der Waals surface area contributed by atoms with Gasteiger partial charge in [-0.3, -0.25) is 15.1 Å². The number of amides is 3. The standard InChI is InChI=1S/C21H26F2N4O3/c22-21(23)10-11-26(13-21)18(29)16-2-1-3-17(24)27(16)19(30)25-12-20(8-9-20)14-4-6-15(28)7-5-14/h4-7,16,24,28H,1-3,8-13H2,(H,25,30). The van der Waals surface area contributed by atoms with Crippen LogP contribution in [0.15, 0.2) is 24.3 Å². The van der Waals surface area contributed by atoms with Crippen molar-refractivity contribution in [2.24, 2.45) is 0 Å². The van der Waals surface area contributed by atoms with Crippen molar-refractivity contribution in [3.05, 3.63) is 29.8 Å². The van der Waals surface area contributed by atoms with Crippen molar-refractivity contribution in [1.29, 1.82) is 5.41 Å². The van der Waals surface area contributed by atoms with Crippen molar-refractivity contribution in [3.8, 4) is 5.75 Å². The molecule has 1 aliphatic carbocycles. The summed E-state index contributed by atoms with van der Waals surface area (Å²) in [6.45, 7) is -0.312. The molecule has 0 bridgehead atoms. The van der Waals surface area contributed by atoms with Gasteiger partial charge in [0.05, 0.1) is 6.54 Å². The molecule has 7 nitrogen and oxygen atoms in total. The molecule has 3 fully saturated rings. The minimum atomic E-state index is -2.90. The fraction of sp³-hybridized carbons (Fsp3) is 0.571. The number of nitrogens with one attached hydrogen (secondary N) is 2. The zero-order valence-corrected chi connectivity index (χ0v) is 16.7. The number of nitrogens with zero attached hydrogens (tertiary/aromatic N) is 2. The molecule has 4 rings (SSSR count). The van der Waals surface area contributed by atoms with E-state index >= 15 is 0 Å². The lowest BCUT2D eigenvalue weighted by atomic mass is 9.96. The number of phenols is 1. The maximum Gasteiger partial charge on any atom is 0.323 e. The SMILES string of the molecule is N=C1CCCC(C(=O)N2CCC(F)(F)C2)N1C(=O)NCC1(c2ccc(O)cc2)CC1. The molecule has 0 aromatic heterocycles. The fourth-order valence-electron chi connectivity index (χ4n) is 4.40. The third-order valence-electron chi connectivity index (χ3n) is 6.39. The van der Waals surface area contributed by atoms with Gasteiger partial charge < -0.3 is 15.3 Å². The van der Waals surface area contributed by atoms with Crippen LogP contribution < -0.4 is 5.32 Å². The van der Waals surface area contributed by atoms with Crippen LogP contribution in [-0.4, -0.2) is 64.3 Å². The number of piperidine rings is 1. The van der Waals surface area contributed by atoms with Gasteiger partial charge in [0, 0.05) is 31.3 Å². The summed E-state index contributed by atoms with van der Waals surface area (Å²) < 4.78 is 27.1. The molecule has 2 saturated heterocycles. The highest BCUT2D eigenvalue weighted by Gasteiger charge is 2.47. The molecule has 162 valence electrons. The molecule has 30 heavy (non-hydrogen) atoms. The summed E-state index contributed by atoms with van der Waals surface area (Å²) in [6, 6.07) is 5.43. The number of carbonyl (C=O) groups is 2. The number of phenolic OH excluding ortho intramolecular Hbond substituents is 1. The Balaban J connectivity index is 1.43. The van der Waals surface area contributed by atoms with Crippen LogP contribution in [0, 0.1) is 5.41 Å². The first-order chi connectivity index (χ1) is 14.2. The van der Waals surface area contributed by atoms with Gasteiger partial charge >= 0.3 is 6.03 Å². The predicted molar refractivity (Wildman–Crippen MR) is 106 cm³/mol. The molecule has 3 amide bonds. The third-order valence-corrected chi connectivity index (χ3v) is 6.39. The molecule has 0 spiro atoms. The van der Waals surface area contributed by atoms with Gasteiger partial charge in [-0.1, -0.05) is 12.1 Å². The highest BCUT2D eigenvalue weighted by molar-refractivity contribution is 6.01. The van der Waals surface area contributed by atoms with Crippen molar-refractivity contribution in [3.63, 3.8) is 0 Å². The van der Waals surface area contributed by atoms with Gasteiger partial charge in [0.25, 0.3) is 5.92 Å². The number of amidine groups is 1. The van der Waals surface area contributed by atoms with Gasteiger partial charge in [-0.25, -0.2) is 13.6 Å². The average molecular weight is 420 g/mol. The maximum absolute atomic E-state index is 13.6. The van der Waals surface area contributed by atoms with E-state index in [2.05, 4.69) is 5.32 Å². The number of urea groups is 1. The third kappa shape index (κ3) is 3.97. The number of hydrogen-bond acceptors (Lipinski definition) is 4. The zero-order chi connectivity index (χ0) is 21.5. The molecular formula is C21H26F2N4O3. The predicted octanol–water partition coefficient (Wildman–Crippen LogP) is 2.83. The van der Waals surface area contributed by atoms with Crippen molar-refractivity contribution in [1.82, 2.24) is 15.1 Å². The molecule has 1 aromatic rings. The van der Waals surface area contributed by atoms with Crippen molar-refractivity contribution < 1.29 is 23.5 Å². The molecule has 1 saturated carbocycles. The lowest BCUT2D eigenvalue weighted by Crippen LogP contribution is -2.58. The molecule has 0 radical (unpaired) electrons. The summed E-state index contributed by atoms with van der Waals surface area (Å²) in [5.74, 6) is -3.19. The average Bonchev–Trinajstić information content (AvgIpc) is 3.41. The van der Waals surface area contributed by atoms with Gasteiger partial charge in [0.2, 0.25) is 5.91 Å². The Morgan fingerprint density at radius 3 is 2.50 bits per heavy atom. The molecular weight excluding hydrogens is 394 g/mol. The highest BCUT2D eigenvalue weighted by atomic mass is 19.3. The normalized spacial score (nSPS) is 24.6. The quantitative estimate of drug-likeness (QED) is 0.699. The van der Waals surface area contributed by atoms with Crippen molar-refractivity contribution in [2.45, 2.75) is 55.9 Å². The van der Waals surface area contributed by atoms with E-state index in [1.165, 1.54) is 0 Å². The van der Waals surface area contributed by atoms with Gasteiger partial charge in [0.1, 0.15) is 17.6 Å². The summed E-state index contributed by atoms with van der Waals surface area (Å²) in [6.07, 6.45) is 2.71. The van der Waals surface area contributed by atoms with E-state index in [1.54, 1.807) is 12.1 Å². The number of carbonyl (C=O) groups excluding carboxylic acids is 2. The smallest absolute Gasteiger partial charge is 0.323 e. The summed E-state index contributed by atoms with van der Waals surface area (Å²) in [4.78, 5) is 28.1. The highest BCUT2D eigenvalue weighted by Crippen LogP contribution is 2.48. The topological polar surface area (TPSA) is 96.7 Å². The number of halogens is 2. The first-order valence-electron chi connectivity index (χ1n) is 10.3. The molecule has 1 unspecified atom stereocenters. The number of alkyl halides is 2. The van der Waals surface area contributed by atoms with E-state index in [0.717, 1.165) is 28.2 Å². The van der Waals surface area contributed by atoms with Crippen LogP contribution in [-0.2, 0) is 10.2 Å². The van der Waals surface area contributed by atoms with E-state index in [1.807, 2.05) is 12.1 Å². The number of benzene rings is 1. The van der Waals surface area contributed by atoms with Gasteiger partial charge in [0.15, 0.2) is 0 Å². The Kier molecular flexibility index (Phi) is 5.15. The molecule has 2 heterocycles. The molecule has 3 N–H and O–H groups in total. The van der Waals surface area contributed by atoms with Crippen LogP contribution in [0.5, 0.6) is 5.75 Å². The Labute approximate surface area is 173 Å². The van der Waals surface area contributed by atoms with Crippen LogP contribution in [0.4, 0.5) is 13.6 Å². The number of aromatic hydroxyl groups is 1. The van der Waals surface area contributed by atoms with Crippen LogP contribution in [0.1, 0.15) is 44.1 Å². The lowest BCUT2D eigenvalue weighted by Gasteiger charge is -2.37. The summed E-state index contributed by atoms with van der Waals surface area (Å²) in [5, 5.41) is 20.5. The van der Waals surface area contributed by atoms with E-state index in [4.69, 9.17) is 5.41 Å². The van der Waals surface area contributed by atoms with Gasteiger partial charge in [-0.15, -0.1) is 0 Å². The van der Waals surface area contributed by atoms with E-state index < -0.39 is 30.4 Å². The monoisotopic (exact) mass is 420 g/mol. The van der Waals surface area contributed by atoms with Crippen LogP contribution >= 0.6 is 0 Å². The summed E-state index contributed by atoms with van der Waals surface area (Å²) >= 11 is 0. The molecule has 3 aliphatic rings. The molecule has 1 aromatic carbocycles. The van der Waals surface area contributed by atoms with Crippen molar-refractivity contribution in [2.75, 3.05) is 19.6 Å². The first kappa shape index (κ1) is 20.6. The Morgan fingerprint density at radius 2 is 1.90 bits per heavy atom. The summed E-state index contributed by atoms with van der Waals surface area (Å²) in [5.41, 5.74) is 0.805. The van der Waals surface area contributed by atoms with Crippen molar-refractivity contribution >= 4 is 17.8 Å². The largest absolute Gasteiger partial charge is 0.508 e. The van der Waals surface area contributed by atoms with Gasteiger partial charge in [-0.05, 0) is 43.4 Å². The second kappa shape index (κ2) is 7.52. The van der Waals surface area contributed by atoms with Crippen LogP contribution in [0.2, 0.25) is 0 Å². The number of hydrogen-bond donors (Lipinski definition) is 3. The molecule has 2 aliphatic heterocycles. The van der Waals surface area contributed by atoms with E-state index in [-0.39, 0.29) is 30.0 Å². The second-order valence-corrected chi connectivity index (χ2v) is 8.58. The molecule has 9 heteroatoms. The van der Waals surface area contributed by atoms with Crippen LogP contribution in [0.25, 0.3) is 0 Å². The Morgan fingerprint density at radius 1 is 1.20 bits per heavy atom. The first-order valence-corrected chi connectivity index (χ1v) is 10.3.